The van der Waals surface area contributed by atoms with Gasteiger partial charge in [0, 0.05) is 23.3 Å². The maximum absolute atomic E-state index is 11.8. The Kier molecular flexibility index (Phi) is 3.59. The predicted octanol–water partition coefficient (Wildman–Crippen LogP) is 3.04. The smallest absolute Gasteiger partial charge is 0.239 e. The zero-order valence-corrected chi connectivity index (χ0v) is 7.89. The lowest BCUT2D eigenvalue weighted by Gasteiger charge is -1.99. The Balaban J connectivity index is 2.52. The van der Waals surface area contributed by atoms with E-state index < -0.39 is 6.43 Å². The average Bonchev–Trinajstić information content (AvgIpc) is 2.01. The number of hydrogen-bond acceptors (Lipinski definition) is 1. The minimum absolute atomic E-state index is 0.0991. The van der Waals surface area contributed by atoms with E-state index in [1.54, 1.807) is 18.5 Å². The second-order valence-corrected chi connectivity index (χ2v) is 3.36. The molecule has 0 spiro atoms. The number of aromatic nitrogens is 1. The lowest BCUT2D eigenvalue weighted by Crippen LogP contribution is -1.94. The van der Waals surface area contributed by atoms with Crippen LogP contribution in [0.2, 0.25) is 0 Å². The Morgan fingerprint density at radius 2 is 2.17 bits per heavy atom. The van der Waals surface area contributed by atoms with E-state index in [0.29, 0.717) is 6.42 Å². The molecule has 0 atom stereocenters. The summed E-state index contributed by atoms with van der Waals surface area (Å²) in [4.78, 5) is 3.87. The van der Waals surface area contributed by atoms with Crippen LogP contribution in [-0.2, 0) is 6.42 Å². The monoisotopic (exact) mass is 235 g/mol. The summed E-state index contributed by atoms with van der Waals surface area (Å²) < 4.78 is 24.4. The summed E-state index contributed by atoms with van der Waals surface area (Å²) in [5.41, 5.74) is 0.838. The molecule has 0 amide bonds. The van der Waals surface area contributed by atoms with Crippen LogP contribution in [0.4, 0.5) is 8.78 Å². The molecule has 66 valence electrons. The molecule has 12 heavy (non-hydrogen) atoms. The van der Waals surface area contributed by atoms with Crippen LogP contribution >= 0.6 is 15.9 Å². The van der Waals surface area contributed by atoms with Gasteiger partial charge >= 0.3 is 0 Å². The van der Waals surface area contributed by atoms with Gasteiger partial charge in [-0.25, -0.2) is 8.78 Å². The Morgan fingerprint density at radius 1 is 1.42 bits per heavy atom. The number of pyridine rings is 1. The molecule has 0 saturated heterocycles. The van der Waals surface area contributed by atoms with Gasteiger partial charge in [-0.1, -0.05) is 0 Å². The average molecular weight is 236 g/mol. The molecule has 1 rings (SSSR count). The molecule has 0 bridgehead atoms. The molecule has 0 saturated carbocycles. The maximum Gasteiger partial charge on any atom is 0.239 e. The van der Waals surface area contributed by atoms with Crippen molar-refractivity contribution in [1.82, 2.24) is 4.98 Å². The van der Waals surface area contributed by atoms with Gasteiger partial charge in [0.15, 0.2) is 0 Å². The highest BCUT2D eigenvalue weighted by molar-refractivity contribution is 9.10. The fraction of sp³-hybridized carbons (Fsp3) is 0.375. The lowest BCUT2D eigenvalue weighted by molar-refractivity contribution is 0.138. The number of aryl methyl sites for hydroxylation is 1. The molecule has 0 unspecified atom stereocenters. The predicted molar refractivity (Wildman–Crippen MR) is 46.3 cm³/mol. The molecule has 1 heterocycles. The molecule has 0 aliphatic carbocycles. The maximum atomic E-state index is 11.8. The van der Waals surface area contributed by atoms with E-state index in [1.807, 2.05) is 0 Å². The molecule has 0 radical (unpaired) electrons. The van der Waals surface area contributed by atoms with Crippen molar-refractivity contribution in [2.24, 2.45) is 0 Å². The summed E-state index contributed by atoms with van der Waals surface area (Å²) in [5, 5.41) is 0. The van der Waals surface area contributed by atoms with Crippen LogP contribution in [0, 0.1) is 0 Å². The normalized spacial score (nSPS) is 10.7. The van der Waals surface area contributed by atoms with E-state index >= 15 is 0 Å². The third-order valence-corrected chi connectivity index (χ3v) is 1.85. The van der Waals surface area contributed by atoms with Gasteiger partial charge in [0.05, 0.1) is 0 Å². The number of alkyl halides is 2. The molecule has 0 aromatic carbocycles. The van der Waals surface area contributed by atoms with Gasteiger partial charge in [0.25, 0.3) is 0 Å². The van der Waals surface area contributed by atoms with Crippen LogP contribution in [0.5, 0.6) is 0 Å². The fourth-order valence-electron chi connectivity index (χ4n) is 0.868. The van der Waals surface area contributed by atoms with Crippen LogP contribution in [0.15, 0.2) is 22.9 Å². The Hall–Kier alpha value is -0.510. The third-order valence-electron chi connectivity index (χ3n) is 1.41. The second-order valence-electron chi connectivity index (χ2n) is 2.44. The molecule has 0 aliphatic rings. The summed E-state index contributed by atoms with van der Waals surface area (Å²) in [5.74, 6) is 0. The number of nitrogens with zero attached hydrogens (tertiary/aromatic N) is 1. The first-order chi connectivity index (χ1) is 5.68. The zero-order chi connectivity index (χ0) is 8.97. The van der Waals surface area contributed by atoms with Crippen molar-refractivity contribution < 1.29 is 8.78 Å². The van der Waals surface area contributed by atoms with Crippen molar-refractivity contribution in [3.05, 3.63) is 28.5 Å². The summed E-state index contributed by atoms with van der Waals surface area (Å²) in [6, 6.07) is 1.80. The summed E-state index contributed by atoms with van der Waals surface area (Å²) >= 11 is 3.22. The molecule has 0 N–H and O–H groups in total. The highest BCUT2D eigenvalue weighted by Gasteiger charge is 2.03. The second kappa shape index (κ2) is 4.50. The first-order valence-electron chi connectivity index (χ1n) is 3.56. The zero-order valence-electron chi connectivity index (χ0n) is 6.30. The first kappa shape index (κ1) is 9.58. The summed E-state index contributed by atoms with van der Waals surface area (Å²) in [6.45, 7) is 0. The topological polar surface area (TPSA) is 12.9 Å². The molecular formula is C8H8BrF2N. The summed E-state index contributed by atoms with van der Waals surface area (Å²) in [6.07, 6.45) is 1.28. The number of rotatable bonds is 3. The SMILES string of the molecule is FC(F)CCc1cncc(Br)c1. The lowest BCUT2D eigenvalue weighted by atomic mass is 10.2. The number of halogens is 3. The van der Waals surface area contributed by atoms with Crippen molar-refractivity contribution in [2.45, 2.75) is 19.3 Å². The fourth-order valence-corrected chi connectivity index (χ4v) is 1.28. The van der Waals surface area contributed by atoms with Crippen LogP contribution in [-0.4, -0.2) is 11.4 Å². The Bertz CT molecular complexity index is 253. The molecule has 1 nitrogen and oxygen atoms in total. The van der Waals surface area contributed by atoms with Gasteiger partial charge in [-0.05, 0) is 34.0 Å². The van der Waals surface area contributed by atoms with Gasteiger partial charge < -0.3 is 0 Å². The van der Waals surface area contributed by atoms with Crippen LogP contribution in [0.1, 0.15) is 12.0 Å². The molecular weight excluding hydrogens is 228 g/mol. The minimum atomic E-state index is -2.23. The quantitative estimate of drug-likeness (QED) is 0.785. The molecule has 0 fully saturated rings. The van der Waals surface area contributed by atoms with Crippen molar-refractivity contribution in [3.8, 4) is 0 Å². The van der Waals surface area contributed by atoms with Gasteiger partial charge in [-0.15, -0.1) is 0 Å². The van der Waals surface area contributed by atoms with Gasteiger partial charge in [0.1, 0.15) is 0 Å². The van der Waals surface area contributed by atoms with Crippen molar-refractivity contribution >= 4 is 15.9 Å². The molecule has 1 aromatic heterocycles. The van der Waals surface area contributed by atoms with E-state index in [2.05, 4.69) is 20.9 Å². The van der Waals surface area contributed by atoms with Crippen LogP contribution in [0.3, 0.4) is 0 Å². The highest BCUT2D eigenvalue weighted by Crippen LogP contribution is 2.12. The van der Waals surface area contributed by atoms with E-state index in [-0.39, 0.29) is 6.42 Å². The van der Waals surface area contributed by atoms with E-state index in [0.717, 1.165) is 10.0 Å². The summed E-state index contributed by atoms with van der Waals surface area (Å²) in [7, 11) is 0. The Labute approximate surface area is 77.9 Å². The van der Waals surface area contributed by atoms with Gasteiger partial charge in [-0.3, -0.25) is 4.98 Å². The van der Waals surface area contributed by atoms with Crippen molar-refractivity contribution in [2.75, 3.05) is 0 Å². The van der Waals surface area contributed by atoms with Gasteiger partial charge in [-0.2, -0.15) is 0 Å². The van der Waals surface area contributed by atoms with Crippen molar-refractivity contribution in [3.63, 3.8) is 0 Å². The van der Waals surface area contributed by atoms with Crippen LogP contribution < -0.4 is 0 Å². The molecule has 4 heteroatoms. The standard InChI is InChI=1S/C8H8BrF2N/c9-7-3-6(4-12-5-7)1-2-8(10)11/h3-5,8H,1-2H2. The molecule has 1 aromatic rings. The number of hydrogen-bond donors (Lipinski definition) is 0. The van der Waals surface area contributed by atoms with Crippen molar-refractivity contribution in [1.29, 1.82) is 0 Å². The van der Waals surface area contributed by atoms with E-state index in [4.69, 9.17) is 0 Å². The Morgan fingerprint density at radius 3 is 2.75 bits per heavy atom. The van der Waals surface area contributed by atoms with E-state index in [9.17, 15) is 8.78 Å². The first-order valence-corrected chi connectivity index (χ1v) is 4.35. The highest BCUT2D eigenvalue weighted by atomic mass is 79.9. The molecule has 0 aliphatic heterocycles. The van der Waals surface area contributed by atoms with Gasteiger partial charge in [0.2, 0.25) is 6.43 Å². The van der Waals surface area contributed by atoms with Crippen LogP contribution in [0.25, 0.3) is 0 Å². The van der Waals surface area contributed by atoms with E-state index in [1.165, 1.54) is 0 Å². The largest absolute Gasteiger partial charge is 0.263 e. The third kappa shape index (κ3) is 3.26. The minimum Gasteiger partial charge on any atom is -0.263 e.